The lowest BCUT2D eigenvalue weighted by atomic mass is 10.0. The summed E-state index contributed by atoms with van der Waals surface area (Å²) < 4.78 is 13.8. The van der Waals surface area contributed by atoms with Crippen LogP contribution in [0.25, 0.3) is 21.7 Å². The molecule has 0 amide bonds. The third kappa shape index (κ3) is 1.40. The topological polar surface area (TPSA) is 30.0 Å². The van der Waals surface area contributed by atoms with E-state index in [0.29, 0.717) is 28.3 Å². The first-order valence-electron chi connectivity index (χ1n) is 5.23. The molecule has 17 heavy (non-hydrogen) atoms. The summed E-state index contributed by atoms with van der Waals surface area (Å²) in [7, 11) is 0. The zero-order chi connectivity index (χ0) is 11.8. The minimum Gasteiger partial charge on any atom is -0.296 e. The molecule has 1 aromatic heterocycles. The number of carbonyl (C=O) groups excluding carboxylic acids is 1. The second-order valence-electron chi connectivity index (χ2n) is 3.79. The molecule has 0 aliphatic rings. The van der Waals surface area contributed by atoms with Crippen molar-refractivity contribution in [2.75, 3.05) is 0 Å². The van der Waals surface area contributed by atoms with Crippen molar-refractivity contribution < 1.29 is 9.18 Å². The average molecular weight is 225 g/mol. The zero-order valence-electron chi connectivity index (χ0n) is 8.85. The van der Waals surface area contributed by atoms with Gasteiger partial charge in [-0.05, 0) is 17.5 Å². The second kappa shape index (κ2) is 3.63. The SMILES string of the molecule is O=Cc1nc2cccc(F)c2c2ccccc12. The summed E-state index contributed by atoms with van der Waals surface area (Å²) in [4.78, 5) is 15.2. The van der Waals surface area contributed by atoms with E-state index >= 15 is 0 Å². The molecule has 0 aliphatic carbocycles. The van der Waals surface area contributed by atoms with Crippen LogP contribution in [0.5, 0.6) is 0 Å². The van der Waals surface area contributed by atoms with E-state index in [4.69, 9.17) is 0 Å². The molecule has 2 nitrogen and oxygen atoms in total. The molecule has 82 valence electrons. The molecule has 0 saturated heterocycles. The quantitative estimate of drug-likeness (QED) is 0.469. The summed E-state index contributed by atoms with van der Waals surface area (Å²) in [6.07, 6.45) is 0.701. The van der Waals surface area contributed by atoms with Gasteiger partial charge >= 0.3 is 0 Å². The molecule has 0 aliphatic heterocycles. The highest BCUT2D eigenvalue weighted by molar-refractivity contribution is 6.10. The van der Waals surface area contributed by atoms with Crippen LogP contribution in [-0.2, 0) is 0 Å². The summed E-state index contributed by atoms with van der Waals surface area (Å²) in [5.41, 5.74) is 0.851. The maximum atomic E-state index is 13.8. The monoisotopic (exact) mass is 225 g/mol. The van der Waals surface area contributed by atoms with E-state index in [9.17, 15) is 9.18 Å². The van der Waals surface area contributed by atoms with Gasteiger partial charge in [-0.2, -0.15) is 0 Å². The Morgan fingerprint density at radius 2 is 1.76 bits per heavy atom. The highest BCUT2D eigenvalue weighted by atomic mass is 19.1. The molecule has 0 N–H and O–H groups in total. The van der Waals surface area contributed by atoms with Crippen LogP contribution in [0.1, 0.15) is 10.5 Å². The van der Waals surface area contributed by atoms with Gasteiger partial charge in [0.15, 0.2) is 6.29 Å². The molecule has 0 radical (unpaired) electrons. The molecule has 0 saturated carbocycles. The Kier molecular flexibility index (Phi) is 2.11. The maximum absolute atomic E-state index is 13.8. The number of hydrogen-bond acceptors (Lipinski definition) is 2. The zero-order valence-corrected chi connectivity index (χ0v) is 8.85. The van der Waals surface area contributed by atoms with Crippen molar-refractivity contribution in [3.8, 4) is 0 Å². The number of nitrogens with zero attached hydrogens (tertiary/aromatic N) is 1. The molecule has 0 unspecified atom stereocenters. The van der Waals surface area contributed by atoms with Gasteiger partial charge < -0.3 is 0 Å². The highest BCUT2D eigenvalue weighted by Gasteiger charge is 2.10. The number of fused-ring (bicyclic) bond motifs is 3. The number of aldehydes is 1. The van der Waals surface area contributed by atoms with E-state index in [1.807, 2.05) is 12.1 Å². The minimum atomic E-state index is -0.316. The van der Waals surface area contributed by atoms with E-state index in [1.165, 1.54) is 6.07 Å². The van der Waals surface area contributed by atoms with E-state index in [0.717, 1.165) is 5.39 Å². The first-order valence-corrected chi connectivity index (χ1v) is 5.23. The van der Waals surface area contributed by atoms with Gasteiger partial charge in [-0.1, -0.05) is 30.3 Å². The smallest absolute Gasteiger partial charge is 0.169 e. The van der Waals surface area contributed by atoms with Crippen LogP contribution in [0, 0.1) is 5.82 Å². The molecule has 0 bridgehead atoms. The molecular formula is C14H8FNO. The predicted octanol–water partition coefficient (Wildman–Crippen LogP) is 3.34. The van der Waals surface area contributed by atoms with Crippen molar-refractivity contribution in [2.24, 2.45) is 0 Å². The number of aromatic nitrogens is 1. The van der Waals surface area contributed by atoms with Gasteiger partial charge in [0.25, 0.3) is 0 Å². The van der Waals surface area contributed by atoms with E-state index in [2.05, 4.69) is 4.98 Å². The highest BCUT2D eigenvalue weighted by Crippen LogP contribution is 2.27. The Hall–Kier alpha value is -2.29. The van der Waals surface area contributed by atoms with Crippen molar-refractivity contribution in [2.45, 2.75) is 0 Å². The maximum Gasteiger partial charge on any atom is 0.169 e. The fraction of sp³-hybridized carbons (Fsp3) is 0. The summed E-state index contributed by atoms with van der Waals surface area (Å²) in [6.45, 7) is 0. The Labute approximate surface area is 96.7 Å². The molecular weight excluding hydrogens is 217 g/mol. The molecule has 3 rings (SSSR count). The van der Waals surface area contributed by atoms with E-state index < -0.39 is 0 Å². The van der Waals surface area contributed by atoms with E-state index in [-0.39, 0.29) is 5.82 Å². The largest absolute Gasteiger partial charge is 0.296 e. The Morgan fingerprint density at radius 3 is 2.53 bits per heavy atom. The number of halogens is 1. The van der Waals surface area contributed by atoms with Crippen molar-refractivity contribution in [3.63, 3.8) is 0 Å². The number of benzene rings is 2. The van der Waals surface area contributed by atoms with Gasteiger partial charge in [-0.25, -0.2) is 9.37 Å². The third-order valence-corrected chi connectivity index (χ3v) is 2.82. The van der Waals surface area contributed by atoms with Gasteiger partial charge in [0.2, 0.25) is 0 Å². The fourth-order valence-corrected chi connectivity index (χ4v) is 2.08. The number of pyridine rings is 1. The van der Waals surface area contributed by atoms with Gasteiger partial charge in [-0.3, -0.25) is 4.79 Å². The van der Waals surface area contributed by atoms with Crippen LogP contribution in [-0.4, -0.2) is 11.3 Å². The van der Waals surface area contributed by atoms with Crippen LogP contribution >= 0.6 is 0 Å². The second-order valence-corrected chi connectivity index (χ2v) is 3.79. The number of rotatable bonds is 1. The van der Waals surface area contributed by atoms with Gasteiger partial charge in [0.05, 0.1) is 5.52 Å². The number of carbonyl (C=O) groups is 1. The van der Waals surface area contributed by atoms with Crippen molar-refractivity contribution in [1.29, 1.82) is 0 Å². The Bertz CT molecular complexity index is 737. The molecule has 0 fully saturated rings. The summed E-state index contributed by atoms with van der Waals surface area (Å²) >= 11 is 0. The summed E-state index contributed by atoms with van der Waals surface area (Å²) in [5, 5.41) is 1.87. The Balaban J connectivity index is 2.65. The predicted molar refractivity (Wildman–Crippen MR) is 64.6 cm³/mol. The van der Waals surface area contributed by atoms with Crippen LogP contribution < -0.4 is 0 Å². The number of hydrogen-bond donors (Lipinski definition) is 0. The lowest BCUT2D eigenvalue weighted by Crippen LogP contribution is -1.93. The van der Waals surface area contributed by atoms with Crippen LogP contribution in [0.2, 0.25) is 0 Å². The van der Waals surface area contributed by atoms with Gasteiger partial charge in [-0.15, -0.1) is 0 Å². The molecule has 3 aromatic rings. The first-order chi connectivity index (χ1) is 8.31. The fourth-order valence-electron chi connectivity index (χ4n) is 2.08. The summed E-state index contributed by atoms with van der Waals surface area (Å²) in [5.74, 6) is -0.316. The van der Waals surface area contributed by atoms with Crippen molar-refractivity contribution in [1.82, 2.24) is 4.98 Å². The molecule has 1 heterocycles. The average Bonchev–Trinajstić information content (AvgIpc) is 2.37. The first kappa shape index (κ1) is 9.90. The molecule has 0 spiro atoms. The minimum absolute atomic E-state index is 0.316. The molecule has 3 heteroatoms. The van der Waals surface area contributed by atoms with Crippen LogP contribution in [0.15, 0.2) is 42.5 Å². The normalized spacial score (nSPS) is 10.9. The van der Waals surface area contributed by atoms with E-state index in [1.54, 1.807) is 24.3 Å². The van der Waals surface area contributed by atoms with Gasteiger partial charge in [0, 0.05) is 10.8 Å². The van der Waals surface area contributed by atoms with Crippen LogP contribution in [0.4, 0.5) is 4.39 Å². The molecule has 0 atom stereocenters. The summed E-state index contributed by atoms with van der Waals surface area (Å²) in [6, 6.07) is 11.9. The van der Waals surface area contributed by atoms with Crippen molar-refractivity contribution in [3.05, 3.63) is 54.0 Å². The lowest BCUT2D eigenvalue weighted by molar-refractivity contribution is 0.112. The Morgan fingerprint density at radius 1 is 1.00 bits per heavy atom. The van der Waals surface area contributed by atoms with Gasteiger partial charge in [0.1, 0.15) is 11.5 Å². The lowest BCUT2D eigenvalue weighted by Gasteiger charge is -2.06. The third-order valence-electron chi connectivity index (χ3n) is 2.82. The van der Waals surface area contributed by atoms with Crippen molar-refractivity contribution >= 4 is 28.0 Å². The van der Waals surface area contributed by atoms with Crippen LogP contribution in [0.3, 0.4) is 0 Å². The standard InChI is InChI=1S/C14H8FNO/c15-11-6-3-7-12-14(11)10-5-2-1-4-9(10)13(8-17)16-12/h1-8H. The molecule has 2 aromatic carbocycles.